The monoisotopic (exact) mass is 234 g/mol. The lowest BCUT2D eigenvalue weighted by molar-refractivity contribution is -0.132. The first kappa shape index (κ1) is 13.7. The van der Waals surface area contributed by atoms with Gasteiger partial charge in [0.05, 0.1) is 11.7 Å². The summed E-state index contributed by atoms with van der Waals surface area (Å²) >= 11 is 0. The van der Waals surface area contributed by atoms with Crippen LogP contribution in [0.2, 0.25) is 0 Å². The van der Waals surface area contributed by atoms with Crippen molar-refractivity contribution >= 4 is 10.0 Å². The van der Waals surface area contributed by atoms with Gasteiger partial charge in [-0.15, -0.1) is 0 Å². The standard InChI is InChI=1S/C6H13F3N2O2S/c1-5(4-10)14(12,13)11-3-2-6(7,8)9/h5,11H,2-4,10H2,1H3. The Hall–Kier alpha value is -0.340. The summed E-state index contributed by atoms with van der Waals surface area (Å²) in [5.74, 6) is 0. The second-order valence-corrected chi connectivity index (χ2v) is 5.03. The van der Waals surface area contributed by atoms with Crippen molar-refractivity contribution < 1.29 is 21.6 Å². The Balaban J connectivity index is 4.02. The van der Waals surface area contributed by atoms with Gasteiger partial charge in [0.1, 0.15) is 0 Å². The van der Waals surface area contributed by atoms with Crippen LogP contribution in [0.25, 0.3) is 0 Å². The van der Waals surface area contributed by atoms with Gasteiger partial charge in [-0.2, -0.15) is 13.2 Å². The summed E-state index contributed by atoms with van der Waals surface area (Å²) in [6.45, 7) is 0.563. The fraction of sp³-hybridized carbons (Fsp3) is 1.00. The molecule has 14 heavy (non-hydrogen) atoms. The number of halogens is 3. The van der Waals surface area contributed by atoms with Gasteiger partial charge in [0.2, 0.25) is 10.0 Å². The first-order chi connectivity index (χ1) is 6.19. The number of rotatable bonds is 5. The molecule has 3 N–H and O–H groups in total. The van der Waals surface area contributed by atoms with Crippen LogP contribution in [-0.2, 0) is 10.0 Å². The highest BCUT2D eigenvalue weighted by Gasteiger charge is 2.28. The van der Waals surface area contributed by atoms with E-state index in [1.54, 1.807) is 0 Å². The third-order valence-electron chi connectivity index (χ3n) is 1.57. The molecule has 0 aliphatic carbocycles. The topological polar surface area (TPSA) is 72.2 Å². The zero-order chi connectivity index (χ0) is 11.4. The highest BCUT2D eigenvalue weighted by atomic mass is 32.2. The van der Waals surface area contributed by atoms with Crippen LogP contribution >= 0.6 is 0 Å². The van der Waals surface area contributed by atoms with Crippen LogP contribution in [-0.4, -0.2) is 32.9 Å². The van der Waals surface area contributed by atoms with Gasteiger partial charge in [0, 0.05) is 13.1 Å². The minimum absolute atomic E-state index is 0.124. The third-order valence-corrected chi connectivity index (χ3v) is 3.43. The molecule has 0 saturated heterocycles. The number of sulfonamides is 1. The summed E-state index contributed by atoms with van der Waals surface area (Å²) in [6.07, 6.45) is -5.53. The van der Waals surface area contributed by atoms with Crippen molar-refractivity contribution in [3.05, 3.63) is 0 Å². The molecule has 0 bridgehead atoms. The molecule has 0 saturated carbocycles. The van der Waals surface area contributed by atoms with Crippen molar-refractivity contribution in [2.24, 2.45) is 5.73 Å². The van der Waals surface area contributed by atoms with E-state index < -0.39 is 34.4 Å². The van der Waals surface area contributed by atoms with E-state index >= 15 is 0 Å². The summed E-state index contributed by atoms with van der Waals surface area (Å²) in [5.41, 5.74) is 5.07. The van der Waals surface area contributed by atoms with Gasteiger partial charge in [-0.3, -0.25) is 0 Å². The van der Waals surface area contributed by atoms with Gasteiger partial charge in [-0.05, 0) is 6.92 Å². The van der Waals surface area contributed by atoms with Crippen LogP contribution in [0.3, 0.4) is 0 Å². The van der Waals surface area contributed by atoms with Crippen molar-refractivity contribution in [2.75, 3.05) is 13.1 Å². The maximum atomic E-state index is 11.7. The Kier molecular flexibility index (Phi) is 4.82. The Labute approximate surface area is 80.7 Å². The predicted molar refractivity (Wildman–Crippen MR) is 46.1 cm³/mol. The van der Waals surface area contributed by atoms with E-state index in [1.807, 2.05) is 4.72 Å². The molecular formula is C6H13F3N2O2S. The smallest absolute Gasteiger partial charge is 0.329 e. The largest absolute Gasteiger partial charge is 0.390 e. The van der Waals surface area contributed by atoms with Gasteiger partial charge < -0.3 is 5.73 Å². The molecule has 0 fully saturated rings. The van der Waals surface area contributed by atoms with Gasteiger partial charge >= 0.3 is 6.18 Å². The first-order valence-electron chi connectivity index (χ1n) is 3.94. The van der Waals surface area contributed by atoms with E-state index in [-0.39, 0.29) is 6.54 Å². The van der Waals surface area contributed by atoms with E-state index in [2.05, 4.69) is 0 Å². The van der Waals surface area contributed by atoms with Gasteiger partial charge in [0.15, 0.2) is 0 Å². The molecule has 0 heterocycles. The highest BCUT2D eigenvalue weighted by molar-refractivity contribution is 7.90. The fourth-order valence-electron chi connectivity index (χ4n) is 0.604. The van der Waals surface area contributed by atoms with Crippen molar-refractivity contribution in [3.63, 3.8) is 0 Å². The van der Waals surface area contributed by atoms with E-state index in [0.717, 1.165) is 0 Å². The van der Waals surface area contributed by atoms with E-state index in [1.165, 1.54) is 6.92 Å². The van der Waals surface area contributed by atoms with Crippen molar-refractivity contribution in [1.29, 1.82) is 0 Å². The summed E-state index contributed by atoms with van der Waals surface area (Å²) in [5, 5.41) is -0.879. The van der Waals surface area contributed by atoms with Gasteiger partial charge in [-0.1, -0.05) is 0 Å². The van der Waals surface area contributed by atoms with Crippen LogP contribution in [0.5, 0.6) is 0 Å². The lowest BCUT2D eigenvalue weighted by Gasteiger charge is -2.12. The average molecular weight is 234 g/mol. The normalized spacial score (nSPS) is 15.5. The Morgan fingerprint density at radius 3 is 2.29 bits per heavy atom. The van der Waals surface area contributed by atoms with Gasteiger partial charge in [0.25, 0.3) is 0 Å². The molecule has 0 aliphatic heterocycles. The minimum Gasteiger partial charge on any atom is -0.329 e. The van der Waals surface area contributed by atoms with Crippen LogP contribution in [0.4, 0.5) is 13.2 Å². The van der Waals surface area contributed by atoms with Gasteiger partial charge in [-0.25, -0.2) is 13.1 Å². The molecule has 1 atom stereocenters. The summed E-state index contributed by atoms with van der Waals surface area (Å²) in [6, 6.07) is 0. The SMILES string of the molecule is CC(CN)S(=O)(=O)NCCC(F)(F)F. The maximum absolute atomic E-state index is 11.7. The molecule has 0 aromatic rings. The zero-order valence-corrected chi connectivity index (χ0v) is 8.45. The first-order valence-corrected chi connectivity index (χ1v) is 5.49. The lowest BCUT2D eigenvalue weighted by Crippen LogP contribution is -2.38. The molecule has 0 spiro atoms. The number of hydrogen-bond donors (Lipinski definition) is 2. The molecule has 4 nitrogen and oxygen atoms in total. The summed E-state index contributed by atoms with van der Waals surface area (Å²) < 4.78 is 59.0. The fourth-order valence-corrected chi connectivity index (χ4v) is 1.53. The van der Waals surface area contributed by atoms with Crippen molar-refractivity contribution in [2.45, 2.75) is 24.8 Å². The number of nitrogens with one attached hydrogen (secondary N) is 1. The quantitative estimate of drug-likeness (QED) is 0.714. The number of hydrogen-bond acceptors (Lipinski definition) is 3. The Morgan fingerprint density at radius 2 is 1.93 bits per heavy atom. The predicted octanol–water partition coefficient (Wildman–Crippen LogP) is 0.205. The number of alkyl halides is 3. The molecule has 0 radical (unpaired) electrons. The third kappa shape index (κ3) is 5.40. The second kappa shape index (κ2) is 4.94. The van der Waals surface area contributed by atoms with Crippen LogP contribution in [0, 0.1) is 0 Å². The van der Waals surface area contributed by atoms with E-state index in [4.69, 9.17) is 5.73 Å². The van der Waals surface area contributed by atoms with Crippen molar-refractivity contribution in [3.8, 4) is 0 Å². The second-order valence-electron chi connectivity index (χ2n) is 2.85. The molecule has 1 unspecified atom stereocenters. The van der Waals surface area contributed by atoms with E-state index in [0.29, 0.717) is 0 Å². The van der Waals surface area contributed by atoms with Crippen molar-refractivity contribution in [1.82, 2.24) is 4.72 Å². The van der Waals surface area contributed by atoms with Crippen LogP contribution in [0.1, 0.15) is 13.3 Å². The average Bonchev–Trinajstić information content (AvgIpc) is 2.00. The molecule has 0 aromatic carbocycles. The van der Waals surface area contributed by atoms with Crippen LogP contribution in [0.15, 0.2) is 0 Å². The molecule has 0 aliphatic rings. The summed E-state index contributed by atoms with van der Waals surface area (Å²) in [7, 11) is -3.71. The zero-order valence-electron chi connectivity index (χ0n) is 7.63. The highest BCUT2D eigenvalue weighted by Crippen LogP contribution is 2.18. The Morgan fingerprint density at radius 1 is 1.43 bits per heavy atom. The molecule has 8 heteroatoms. The Bertz CT molecular complexity index is 263. The van der Waals surface area contributed by atoms with E-state index in [9.17, 15) is 21.6 Å². The molecule has 0 amide bonds. The molecule has 0 rings (SSSR count). The molecule has 86 valence electrons. The maximum Gasteiger partial charge on any atom is 0.390 e. The minimum atomic E-state index is -4.35. The molecular weight excluding hydrogens is 221 g/mol. The summed E-state index contributed by atoms with van der Waals surface area (Å²) in [4.78, 5) is 0. The number of nitrogens with two attached hydrogens (primary N) is 1. The molecule has 0 aromatic heterocycles. The van der Waals surface area contributed by atoms with Crippen LogP contribution < -0.4 is 10.5 Å². The lowest BCUT2D eigenvalue weighted by atomic mass is 10.4.